The van der Waals surface area contributed by atoms with E-state index in [1.54, 1.807) is 0 Å². The van der Waals surface area contributed by atoms with Crippen LogP contribution in [0.25, 0.3) is 17.0 Å². The molecule has 1 aliphatic rings. The Bertz CT molecular complexity index is 477. The van der Waals surface area contributed by atoms with Gasteiger partial charge in [-0.25, -0.2) is 0 Å². The molecule has 1 aliphatic carbocycles. The molecule has 1 heteroatoms. The van der Waals surface area contributed by atoms with E-state index >= 15 is 0 Å². The minimum Gasteiger partial charge on any atom is -0.456 e. The van der Waals surface area contributed by atoms with E-state index in [1.165, 1.54) is 10.9 Å². The van der Waals surface area contributed by atoms with Gasteiger partial charge in [0.05, 0.1) is 0 Å². The largest absolute Gasteiger partial charge is 0.456 e. The van der Waals surface area contributed by atoms with Crippen molar-refractivity contribution < 1.29 is 4.42 Å². The maximum Gasteiger partial charge on any atom is 0.135 e. The Kier molecular flexibility index (Phi) is 9.60. The number of fused-ring (bicyclic) bond motifs is 3. The molecule has 0 aliphatic heterocycles. The molecule has 0 N–H and O–H groups in total. The predicted molar refractivity (Wildman–Crippen MR) is 87.6 cm³/mol. The molecular weight excluding hydrogens is 232 g/mol. The molecule has 1 nitrogen and oxygen atoms in total. The fourth-order valence-corrected chi connectivity index (χ4v) is 1.93. The standard InChI is InChI=1S/C12H10O.3C2H6/c1-3-7-11-9(5-1)10-6-2-4-8-12(10)13-11;3*1-2/h1,3-5,7-8H,2,6H2;3*1-2H3. The van der Waals surface area contributed by atoms with Crippen molar-refractivity contribution in [1.82, 2.24) is 0 Å². The van der Waals surface area contributed by atoms with E-state index in [0.29, 0.717) is 0 Å². The minimum atomic E-state index is 1.01. The van der Waals surface area contributed by atoms with E-state index in [9.17, 15) is 0 Å². The summed E-state index contributed by atoms with van der Waals surface area (Å²) in [6.07, 6.45) is 6.50. The van der Waals surface area contributed by atoms with Gasteiger partial charge in [-0.05, 0) is 25.0 Å². The first kappa shape index (κ1) is 17.5. The highest BCUT2D eigenvalue weighted by atomic mass is 16.3. The van der Waals surface area contributed by atoms with Crippen LogP contribution in [0, 0.1) is 0 Å². The zero-order chi connectivity index (χ0) is 14.7. The highest BCUT2D eigenvalue weighted by Gasteiger charge is 2.12. The number of aryl methyl sites for hydroxylation is 1. The number of furan rings is 1. The normalized spacial score (nSPS) is 11.1. The predicted octanol–water partition coefficient (Wildman–Crippen LogP) is 6.47. The minimum absolute atomic E-state index is 1.01. The summed E-state index contributed by atoms with van der Waals surface area (Å²) in [6, 6.07) is 8.25. The highest BCUT2D eigenvalue weighted by molar-refractivity contribution is 5.85. The van der Waals surface area contributed by atoms with Gasteiger partial charge < -0.3 is 4.42 Å². The number of allylic oxidation sites excluding steroid dienone is 1. The van der Waals surface area contributed by atoms with Crippen molar-refractivity contribution in [3.8, 4) is 0 Å². The van der Waals surface area contributed by atoms with E-state index < -0.39 is 0 Å². The number of hydrogen-bond donors (Lipinski definition) is 0. The van der Waals surface area contributed by atoms with Crippen molar-refractivity contribution in [2.45, 2.75) is 54.4 Å². The van der Waals surface area contributed by atoms with Crippen molar-refractivity contribution in [1.29, 1.82) is 0 Å². The molecule has 106 valence electrons. The van der Waals surface area contributed by atoms with Gasteiger partial charge in [0, 0.05) is 10.9 Å². The van der Waals surface area contributed by atoms with Crippen LogP contribution in [0.5, 0.6) is 0 Å². The number of hydrogen-bond acceptors (Lipinski definition) is 1. The number of para-hydroxylation sites is 1. The molecule has 1 heterocycles. The van der Waals surface area contributed by atoms with Gasteiger partial charge in [-0.1, -0.05) is 65.8 Å². The van der Waals surface area contributed by atoms with Gasteiger partial charge in [0.1, 0.15) is 11.3 Å². The van der Waals surface area contributed by atoms with Crippen LogP contribution in [-0.4, -0.2) is 0 Å². The Labute approximate surface area is 118 Å². The zero-order valence-electron chi connectivity index (χ0n) is 13.3. The topological polar surface area (TPSA) is 13.1 Å². The summed E-state index contributed by atoms with van der Waals surface area (Å²) < 4.78 is 5.70. The van der Waals surface area contributed by atoms with Gasteiger partial charge in [0.25, 0.3) is 0 Å². The Morgan fingerprint density at radius 3 is 2.21 bits per heavy atom. The number of benzene rings is 1. The molecule has 3 rings (SSSR count). The quantitative estimate of drug-likeness (QED) is 0.529. The van der Waals surface area contributed by atoms with Crippen molar-refractivity contribution in [3.63, 3.8) is 0 Å². The Hall–Kier alpha value is -1.50. The molecule has 1 aromatic carbocycles. The van der Waals surface area contributed by atoms with Crippen LogP contribution in [-0.2, 0) is 6.42 Å². The molecule has 2 aromatic rings. The molecular formula is C18H28O. The highest BCUT2D eigenvalue weighted by Crippen LogP contribution is 2.30. The van der Waals surface area contributed by atoms with E-state index in [1.807, 2.05) is 53.7 Å². The average molecular weight is 260 g/mol. The van der Waals surface area contributed by atoms with Gasteiger partial charge in [-0.3, -0.25) is 0 Å². The number of rotatable bonds is 0. The molecule has 0 unspecified atom stereocenters. The van der Waals surface area contributed by atoms with E-state index in [2.05, 4.69) is 24.3 Å². The van der Waals surface area contributed by atoms with Crippen molar-refractivity contribution in [3.05, 3.63) is 41.7 Å². The third-order valence-electron chi connectivity index (χ3n) is 2.56. The van der Waals surface area contributed by atoms with Gasteiger partial charge >= 0.3 is 0 Å². The molecule has 0 fully saturated rings. The maximum atomic E-state index is 5.70. The molecule has 0 atom stereocenters. The van der Waals surface area contributed by atoms with Crippen molar-refractivity contribution in [2.24, 2.45) is 0 Å². The van der Waals surface area contributed by atoms with Crippen LogP contribution in [0.4, 0.5) is 0 Å². The monoisotopic (exact) mass is 260 g/mol. The SMILES string of the molecule is C1=Cc2oc3ccccc3c2CC1.CC.CC.CC. The molecule has 0 bridgehead atoms. The third-order valence-corrected chi connectivity index (χ3v) is 2.56. The molecule has 0 saturated heterocycles. The summed E-state index contributed by atoms with van der Waals surface area (Å²) in [5.74, 6) is 1.05. The van der Waals surface area contributed by atoms with Crippen molar-refractivity contribution in [2.75, 3.05) is 0 Å². The first-order valence-electron chi connectivity index (χ1n) is 7.62. The van der Waals surface area contributed by atoms with E-state index in [4.69, 9.17) is 4.42 Å². The Balaban J connectivity index is 0.000000482. The lowest BCUT2D eigenvalue weighted by Crippen LogP contribution is -1.88. The van der Waals surface area contributed by atoms with Crippen molar-refractivity contribution >= 4 is 17.0 Å². The molecule has 0 amide bonds. The fourth-order valence-electron chi connectivity index (χ4n) is 1.93. The van der Waals surface area contributed by atoms with Crippen LogP contribution in [0.15, 0.2) is 34.8 Å². The summed E-state index contributed by atoms with van der Waals surface area (Å²) in [6.45, 7) is 12.0. The van der Waals surface area contributed by atoms with E-state index in [0.717, 1.165) is 24.2 Å². The fraction of sp³-hybridized carbons (Fsp3) is 0.444. The molecule has 0 radical (unpaired) electrons. The van der Waals surface area contributed by atoms with Crippen LogP contribution in [0.2, 0.25) is 0 Å². The maximum absolute atomic E-state index is 5.70. The van der Waals surface area contributed by atoms with Gasteiger partial charge in [-0.15, -0.1) is 0 Å². The average Bonchev–Trinajstić information content (AvgIpc) is 2.92. The molecule has 1 aromatic heterocycles. The second-order valence-electron chi connectivity index (χ2n) is 3.38. The first-order chi connectivity index (χ1) is 9.45. The van der Waals surface area contributed by atoms with Gasteiger partial charge in [-0.2, -0.15) is 0 Å². The lowest BCUT2D eigenvalue weighted by Gasteiger charge is -2.01. The summed E-state index contributed by atoms with van der Waals surface area (Å²) in [7, 11) is 0. The van der Waals surface area contributed by atoms with Gasteiger partial charge in [0.2, 0.25) is 0 Å². The second-order valence-corrected chi connectivity index (χ2v) is 3.38. The summed E-state index contributed by atoms with van der Waals surface area (Å²) in [5.41, 5.74) is 2.39. The molecule has 0 spiro atoms. The Morgan fingerprint density at radius 2 is 1.53 bits per heavy atom. The summed E-state index contributed by atoms with van der Waals surface area (Å²) in [4.78, 5) is 0. The van der Waals surface area contributed by atoms with Gasteiger partial charge in [0.15, 0.2) is 0 Å². The molecule has 19 heavy (non-hydrogen) atoms. The van der Waals surface area contributed by atoms with Crippen LogP contribution < -0.4 is 0 Å². The van der Waals surface area contributed by atoms with Crippen LogP contribution in [0.1, 0.15) is 59.3 Å². The molecule has 0 saturated carbocycles. The second kappa shape index (κ2) is 10.4. The lowest BCUT2D eigenvalue weighted by atomic mass is 10.0. The van der Waals surface area contributed by atoms with Crippen LogP contribution in [0.3, 0.4) is 0 Å². The summed E-state index contributed by atoms with van der Waals surface area (Å²) in [5, 5.41) is 1.28. The third kappa shape index (κ3) is 4.27. The summed E-state index contributed by atoms with van der Waals surface area (Å²) >= 11 is 0. The smallest absolute Gasteiger partial charge is 0.135 e. The van der Waals surface area contributed by atoms with E-state index in [-0.39, 0.29) is 0 Å². The lowest BCUT2D eigenvalue weighted by molar-refractivity contribution is 0.595. The zero-order valence-corrected chi connectivity index (χ0v) is 13.3. The van der Waals surface area contributed by atoms with Crippen LogP contribution >= 0.6 is 0 Å². The first-order valence-corrected chi connectivity index (χ1v) is 7.62. The Morgan fingerprint density at radius 1 is 0.895 bits per heavy atom.